The molecule has 218 valence electrons. The van der Waals surface area contributed by atoms with Gasteiger partial charge in [-0.15, -0.1) is 0 Å². The van der Waals surface area contributed by atoms with E-state index < -0.39 is 28.5 Å². The van der Waals surface area contributed by atoms with Gasteiger partial charge in [-0.1, -0.05) is 6.07 Å². The second-order valence-electron chi connectivity index (χ2n) is 10.9. The fourth-order valence-electron chi connectivity index (χ4n) is 6.30. The van der Waals surface area contributed by atoms with Crippen LogP contribution in [0.15, 0.2) is 71.9 Å². The summed E-state index contributed by atoms with van der Waals surface area (Å²) in [6, 6.07) is 11.3. The van der Waals surface area contributed by atoms with E-state index in [1.54, 1.807) is 24.3 Å². The Labute approximate surface area is 239 Å². The number of esters is 1. The number of aromatic nitrogens is 1. The maximum atomic E-state index is 13.6. The lowest BCUT2D eigenvalue weighted by Crippen LogP contribution is -2.46. The molecule has 2 aliphatic rings. The van der Waals surface area contributed by atoms with Gasteiger partial charge in [0.05, 0.1) is 44.8 Å². The van der Waals surface area contributed by atoms with E-state index in [-0.39, 0.29) is 52.8 Å². The Kier molecular flexibility index (Phi) is 7.19. The number of ether oxygens (including phenoxy) is 2. The molecule has 2 aliphatic heterocycles. The van der Waals surface area contributed by atoms with Gasteiger partial charge in [-0.3, -0.25) is 24.1 Å². The number of aromatic hydroxyl groups is 1. The van der Waals surface area contributed by atoms with Crippen molar-refractivity contribution in [2.75, 3.05) is 27.3 Å². The first kappa shape index (κ1) is 27.5. The Hall–Kier alpha value is -4.64. The van der Waals surface area contributed by atoms with Gasteiger partial charge in [-0.2, -0.15) is 0 Å². The topological polar surface area (TPSA) is 141 Å². The summed E-state index contributed by atoms with van der Waals surface area (Å²) in [5.74, 6) is -1.61. The SMILES string of the molecule is COC(=O)C[C@H](c1oc(CN2C[C@H]3C[C@@H](C2)c2cccc(=O)n2C3)cc(=O)c1O)c1coc2ccc(OC)cc2c1=O. The molecule has 1 aromatic carbocycles. The predicted molar refractivity (Wildman–Crippen MR) is 151 cm³/mol. The molecule has 1 N–H and O–H groups in total. The molecule has 0 saturated carbocycles. The summed E-state index contributed by atoms with van der Waals surface area (Å²) in [6.07, 6.45) is 1.80. The highest BCUT2D eigenvalue weighted by atomic mass is 16.5. The van der Waals surface area contributed by atoms with Crippen LogP contribution in [0.3, 0.4) is 0 Å². The van der Waals surface area contributed by atoms with Crippen molar-refractivity contribution in [3.05, 3.63) is 102 Å². The molecule has 42 heavy (non-hydrogen) atoms. The molecule has 11 nitrogen and oxygen atoms in total. The number of nitrogens with zero attached hydrogens (tertiary/aromatic N) is 2. The molecule has 0 aliphatic carbocycles. The number of carbonyl (C=O) groups excluding carboxylic acids is 1. The van der Waals surface area contributed by atoms with Crippen LogP contribution in [-0.4, -0.2) is 47.9 Å². The number of carbonyl (C=O) groups is 1. The van der Waals surface area contributed by atoms with Crippen LogP contribution in [0, 0.1) is 5.92 Å². The molecule has 4 aromatic rings. The summed E-state index contributed by atoms with van der Waals surface area (Å²) in [6.45, 7) is 2.23. The zero-order valence-electron chi connectivity index (χ0n) is 23.2. The van der Waals surface area contributed by atoms with E-state index in [0.717, 1.165) is 12.1 Å². The van der Waals surface area contributed by atoms with Crippen molar-refractivity contribution in [2.45, 2.75) is 37.8 Å². The van der Waals surface area contributed by atoms with Crippen molar-refractivity contribution in [1.82, 2.24) is 9.47 Å². The first-order valence-corrected chi connectivity index (χ1v) is 13.7. The number of piperidine rings is 1. The lowest BCUT2D eigenvalue weighted by atomic mass is 9.83. The minimum atomic E-state index is -1.16. The standard InChI is InChI=1S/C31H30N2O9/c1-39-19-6-7-26-22(9-19)29(37)23(16-41-26)21(11-28(36)40-2)31-30(38)25(34)10-20(42-31)15-32-12-17-8-18(14-32)24-4-3-5-27(35)33(24)13-17/h3-7,9-10,16-18,21,38H,8,11-15H2,1-2H3/t17-,18+,21+/m1/s1. The van der Waals surface area contributed by atoms with Gasteiger partial charge in [-0.05, 0) is 36.6 Å². The Balaban J connectivity index is 1.37. The Morgan fingerprint density at radius 2 is 1.93 bits per heavy atom. The lowest BCUT2D eigenvalue weighted by Gasteiger charge is -2.42. The predicted octanol–water partition coefficient (Wildman–Crippen LogP) is 2.94. The van der Waals surface area contributed by atoms with Crippen molar-refractivity contribution >= 4 is 16.9 Å². The molecular formula is C31H30N2O9. The van der Waals surface area contributed by atoms with E-state index in [4.69, 9.17) is 18.3 Å². The van der Waals surface area contributed by atoms with Gasteiger partial charge in [0.15, 0.2) is 11.2 Å². The van der Waals surface area contributed by atoms with Crippen molar-refractivity contribution < 1.29 is 28.2 Å². The smallest absolute Gasteiger partial charge is 0.306 e. The maximum absolute atomic E-state index is 13.6. The van der Waals surface area contributed by atoms with Crippen molar-refractivity contribution in [3.8, 4) is 11.5 Å². The summed E-state index contributed by atoms with van der Waals surface area (Å²) in [7, 11) is 2.68. The molecule has 0 amide bonds. The van der Waals surface area contributed by atoms with Crippen LogP contribution in [0.2, 0.25) is 0 Å². The summed E-state index contributed by atoms with van der Waals surface area (Å²) in [4.78, 5) is 53.6. The number of rotatable bonds is 7. The third-order valence-corrected chi connectivity index (χ3v) is 8.23. The lowest BCUT2D eigenvalue weighted by molar-refractivity contribution is -0.140. The Morgan fingerprint density at radius 1 is 1.10 bits per heavy atom. The molecule has 3 aromatic heterocycles. The zero-order valence-corrected chi connectivity index (χ0v) is 23.2. The van der Waals surface area contributed by atoms with Gasteiger partial charge in [-0.25, -0.2) is 0 Å². The van der Waals surface area contributed by atoms with E-state index in [1.165, 1.54) is 32.6 Å². The minimum absolute atomic E-state index is 0.00178. The van der Waals surface area contributed by atoms with E-state index in [9.17, 15) is 24.3 Å². The summed E-state index contributed by atoms with van der Waals surface area (Å²) >= 11 is 0. The highest BCUT2D eigenvalue weighted by Crippen LogP contribution is 2.37. The third-order valence-electron chi connectivity index (χ3n) is 8.23. The zero-order chi connectivity index (χ0) is 29.5. The van der Waals surface area contributed by atoms with Crippen molar-refractivity contribution in [1.29, 1.82) is 0 Å². The third kappa shape index (κ3) is 5.00. The molecule has 3 atom stereocenters. The van der Waals surface area contributed by atoms with Crippen molar-refractivity contribution in [3.63, 3.8) is 0 Å². The Bertz CT molecular complexity index is 1850. The number of fused-ring (bicyclic) bond motifs is 5. The summed E-state index contributed by atoms with van der Waals surface area (Å²) in [5, 5.41) is 11.0. The molecule has 2 bridgehead atoms. The molecule has 11 heteroatoms. The van der Waals surface area contributed by atoms with E-state index >= 15 is 0 Å². The second kappa shape index (κ2) is 11.0. The second-order valence-corrected chi connectivity index (χ2v) is 10.9. The first-order chi connectivity index (χ1) is 20.2. The highest BCUT2D eigenvalue weighted by Gasteiger charge is 2.35. The summed E-state index contributed by atoms with van der Waals surface area (Å²) in [5.41, 5.74) is 0.162. The molecule has 5 heterocycles. The fourth-order valence-corrected chi connectivity index (χ4v) is 6.30. The molecule has 1 fully saturated rings. The van der Waals surface area contributed by atoms with Gasteiger partial charge in [0, 0.05) is 48.9 Å². The maximum Gasteiger partial charge on any atom is 0.306 e. The fraction of sp³-hybridized carbons (Fsp3) is 0.355. The average Bonchev–Trinajstić information content (AvgIpc) is 2.98. The highest BCUT2D eigenvalue weighted by molar-refractivity contribution is 5.79. The number of methoxy groups -OCH3 is 2. The monoisotopic (exact) mass is 574 g/mol. The number of likely N-dealkylation sites (tertiary alicyclic amines) is 1. The number of benzene rings is 1. The van der Waals surface area contributed by atoms with Crippen LogP contribution in [0.5, 0.6) is 11.5 Å². The molecule has 0 radical (unpaired) electrons. The van der Waals surface area contributed by atoms with Crippen molar-refractivity contribution in [2.24, 2.45) is 5.92 Å². The Morgan fingerprint density at radius 3 is 2.71 bits per heavy atom. The normalized spacial score (nSPS) is 18.8. The van der Waals surface area contributed by atoms with Crippen LogP contribution >= 0.6 is 0 Å². The van der Waals surface area contributed by atoms with Crippen LogP contribution in [0.25, 0.3) is 11.0 Å². The quantitative estimate of drug-likeness (QED) is 0.328. The van der Waals surface area contributed by atoms with Gasteiger partial charge >= 0.3 is 5.97 Å². The van der Waals surface area contributed by atoms with E-state index in [2.05, 4.69) is 4.90 Å². The number of hydrogen-bond donors (Lipinski definition) is 1. The molecule has 0 unspecified atom stereocenters. The first-order valence-electron chi connectivity index (χ1n) is 13.7. The largest absolute Gasteiger partial charge is 0.502 e. The average molecular weight is 575 g/mol. The molecule has 1 saturated heterocycles. The van der Waals surface area contributed by atoms with Gasteiger partial charge < -0.3 is 28.0 Å². The van der Waals surface area contributed by atoms with Crippen LogP contribution in [0.1, 0.15) is 47.5 Å². The molecule has 6 rings (SSSR count). The van der Waals surface area contributed by atoms with Gasteiger partial charge in [0.1, 0.15) is 17.1 Å². The van der Waals surface area contributed by atoms with E-state index in [1.807, 2.05) is 10.6 Å². The van der Waals surface area contributed by atoms with Crippen LogP contribution in [-0.2, 0) is 22.6 Å². The summed E-state index contributed by atoms with van der Waals surface area (Å²) < 4.78 is 23.8. The number of hydrogen-bond acceptors (Lipinski definition) is 10. The number of pyridine rings is 1. The molecular weight excluding hydrogens is 544 g/mol. The van der Waals surface area contributed by atoms with Gasteiger partial charge in [0.25, 0.3) is 5.56 Å². The minimum Gasteiger partial charge on any atom is -0.502 e. The van der Waals surface area contributed by atoms with Gasteiger partial charge in [0.2, 0.25) is 11.2 Å². The van der Waals surface area contributed by atoms with Crippen LogP contribution in [0.4, 0.5) is 0 Å². The molecule has 0 spiro atoms. The van der Waals surface area contributed by atoms with E-state index in [0.29, 0.717) is 31.0 Å². The van der Waals surface area contributed by atoms with Crippen LogP contribution < -0.4 is 21.2 Å².